The second-order valence-electron chi connectivity index (χ2n) is 5.81. The van der Waals surface area contributed by atoms with Gasteiger partial charge in [-0.15, -0.1) is 0 Å². The van der Waals surface area contributed by atoms with Crippen molar-refractivity contribution in [2.45, 2.75) is 71.8 Å². The van der Waals surface area contributed by atoms with E-state index < -0.39 is 5.54 Å². The first-order chi connectivity index (χ1) is 9.50. The minimum absolute atomic E-state index is 0.229. The second kappa shape index (κ2) is 11.1. The lowest BCUT2D eigenvalue weighted by Crippen LogP contribution is -2.54. The Labute approximate surface area is 125 Å². The molecule has 0 rings (SSSR count). The third-order valence-corrected chi connectivity index (χ3v) is 4.16. The Kier molecular flexibility index (Phi) is 10.8. The fraction of sp³-hybridized carbons (Fsp3) is 0.938. The quantitative estimate of drug-likeness (QED) is 0.511. The van der Waals surface area contributed by atoms with Crippen molar-refractivity contribution in [1.82, 2.24) is 10.2 Å². The molecule has 0 aromatic rings. The predicted molar refractivity (Wildman–Crippen MR) is 86.8 cm³/mol. The molecule has 0 bridgehead atoms. The van der Waals surface area contributed by atoms with E-state index in [0.29, 0.717) is 0 Å². The van der Waals surface area contributed by atoms with Gasteiger partial charge in [0.15, 0.2) is 0 Å². The number of hydrogen-bond donors (Lipinski definition) is 2. The van der Waals surface area contributed by atoms with Gasteiger partial charge in [-0.2, -0.15) is 0 Å². The zero-order chi connectivity index (χ0) is 15.4. The summed E-state index contributed by atoms with van der Waals surface area (Å²) < 4.78 is 0. The molecule has 1 atom stereocenters. The van der Waals surface area contributed by atoms with Crippen LogP contribution in [-0.4, -0.2) is 42.5 Å². The highest BCUT2D eigenvalue weighted by molar-refractivity contribution is 5.84. The van der Waals surface area contributed by atoms with Crippen LogP contribution in [0.5, 0.6) is 0 Å². The van der Waals surface area contributed by atoms with Crippen molar-refractivity contribution >= 4 is 5.91 Å². The number of primary amides is 1. The van der Waals surface area contributed by atoms with Gasteiger partial charge in [0.05, 0.1) is 5.54 Å². The third-order valence-electron chi connectivity index (χ3n) is 4.16. The summed E-state index contributed by atoms with van der Waals surface area (Å²) in [6.45, 7) is 12.3. The molecular formula is C16H35N3O. The number of amides is 1. The molecule has 0 aliphatic heterocycles. The number of rotatable bonds is 13. The van der Waals surface area contributed by atoms with Crippen LogP contribution in [0, 0.1) is 0 Å². The fourth-order valence-corrected chi connectivity index (χ4v) is 2.41. The molecule has 4 nitrogen and oxygen atoms in total. The predicted octanol–water partition coefficient (Wildman–Crippen LogP) is 2.52. The summed E-state index contributed by atoms with van der Waals surface area (Å²) in [6, 6.07) is 0. The number of likely N-dealkylation sites (N-methyl/N-ethyl adjacent to an activating group) is 1. The van der Waals surface area contributed by atoms with Gasteiger partial charge in [0, 0.05) is 13.1 Å². The van der Waals surface area contributed by atoms with Gasteiger partial charge in [-0.25, -0.2) is 0 Å². The molecular weight excluding hydrogens is 250 g/mol. The Morgan fingerprint density at radius 2 is 1.70 bits per heavy atom. The van der Waals surface area contributed by atoms with E-state index in [9.17, 15) is 4.79 Å². The van der Waals surface area contributed by atoms with E-state index >= 15 is 0 Å². The molecule has 0 radical (unpaired) electrons. The summed E-state index contributed by atoms with van der Waals surface area (Å²) in [6.07, 6.45) is 6.87. The topological polar surface area (TPSA) is 58.4 Å². The van der Waals surface area contributed by atoms with Gasteiger partial charge >= 0.3 is 0 Å². The Morgan fingerprint density at radius 3 is 2.20 bits per heavy atom. The van der Waals surface area contributed by atoms with Crippen LogP contribution in [0.4, 0.5) is 0 Å². The monoisotopic (exact) mass is 285 g/mol. The van der Waals surface area contributed by atoms with Crippen molar-refractivity contribution in [3.8, 4) is 0 Å². The Bertz CT molecular complexity index is 254. The number of nitrogens with two attached hydrogens (primary N) is 1. The Morgan fingerprint density at radius 1 is 1.10 bits per heavy atom. The third kappa shape index (κ3) is 7.85. The summed E-state index contributed by atoms with van der Waals surface area (Å²) in [5.41, 5.74) is 5.02. The average molecular weight is 285 g/mol. The van der Waals surface area contributed by atoms with Gasteiger partial charge in [0.1, 0.15) is 0 Å². The maximum atomic E-state index is 11.7. The van der Waals surface area contributed by atoms with E-state index in [-0.39, 0.29) is 5.91 Å². The van der Waals surface area contributed by atoms with Crippen LogP contribution in [0.15, 0.2) is 0 Å². The number of nitrogens with one attached hydrogen (secondary N) is 1. The fourth-order valence-electron chi connectivity index (χ4n) is 2.41. The summed E-state index contributed by atoms with van der Waals surface area (Å²) >= 11 is 0. The zero-order valence-electron chi connectivity index (χ0n) is 14.0. The van der Waals surface area contributed by atoms with E-state index in [4.69, 9.17) is 5.73 Å². The zero-order valence-corrected chi connectivity index (χ0v) is 14.0. The van der Waals surface area contributed by atoms with Gasteiger partial charge in [-0.05, 0) is 26.4 Å². The van der Waals surface area contributed by atoms with Crippen LogP contribution in [0.25, 0.3) is 0 Å². The standard InChI is InChI=1S/C16H35N3O/c1-5-8-9-10-11-12-16(4,15(17)20)18-13-14-19(6-2)7-3/h18H,5-14H2,1-4H3,(H2,17,20). The minimum atomic E-state index is -0.556. The van der Waals surface area contributed by atoms with E-state index in [1.54, 1.807) is 0 Å². The normalized spacial score (nSPS) is 14.4. The van der Waals surface area contributed by atoms with Crippen molar-refractivity contribution < 1.29 is 4.79 Å². The Balaban J connectivity index is 4.08. The summed E-state index contributed by atoms with van der Waals surface area (Å²) in [5.74, 6) is -0.229. The first-order valence-electron chi connectivity index (χ1n) is 8.27. The highest BCUT2D eigenvalue weighted by Gasteiger charge is 2.29. The molecule has 20 heavy (non-hydrogen) atoms. The van der Waals surface area contributed by atoms with E-state index in [2.05, 4.69) is 31.0 Å². The molecule has 0 spiro atoms. The van der Waals surface area contributed by atoms with Crippen molar-refractivity contribution in [2.24, 2.45) is 5.73 Å². The first kappa shape index (κ1) is 19.4. The lowest BCUT2D eigenvalue weighted by atomic mass is 9.93. The number of nitrogens with zero attached hydrogens (tertiary/aromatic N) is 1. The lowest BCUT2D eigenvalue weighted by Gasteiger charge is -2.29. The highest BCUT2D eigenvalue weighted by Crippen LogP contribution is 2.15. The molecule has 0 aromatic carbocycles. The molecule has 4 heteroatoms. The van der Waals surface area contributed by atoms with Crippen LogP contribution in [-0.2, 0) is 4.79 Å². The number of hydrogen-bond acceptors (Lipinski definition) is 3. The minimum Gasteiger partial charge on any atom is -0.368 e. The molecule has 120 valence electrons. The van der Waals surface area contributed by atoms with Crippen molar-refractivity contribution in [1.29, 1.82) is 0 Å². The first-order valence-corrected chi connectivity index (χ1v) is 8.27. The largest absolute Gasteiger partial charge is 0.368 e. The van der Waals surface area contributed by atoms with Crippen molar-refractivity contribution in [2.75, 3.05) is 26.2 Å². The maximum absolute atomic E-state index is 11.7. The van der Waals surface area contributed by atoms with Crippen LogP contribution in [0.3, 0.4) is 0 Å². The number of carbonyl (C=O) groups is 1. The van der Waals surface area contributed by atoms with Crippen LogP contribution in [0.1, 0.15) is 66.2 Å². The van der Waals surface area contributed by atoms with Gasteiger partial charge in [-0.1, -0.05) is 52.9 Å². The van der Waals surface area contributed by atoms with E-state index in [0.717, 1.165) is 39.0 Å². The Hall–Kier alpha value is -0.610. The molecule has 3 N–H and O–H groups in total. The average Bonchev–Trinajstić information content (AvgIpc) is 2.43. The second-order valence-corrected chi connectivity index (χ2v) is 5.81. The SMILES string of the molecule is CCCCCCCC(C)(NCCN(CC)CC)C(N)=O. The molecule has 1 amide bonds. The maximum Gasteiger partial charge on any atom is 0.237 e. The number of carbonyl (C=O) groups excluding carboxylic acids is 1. The van der Waals surface area contributed by atoms with Crippen LogP contribution < -0.4 is 11.1 Å². The molecule has 0 aliphatic rings. The van der Waals surface area contributed by atoms with Crippen LogP contribution >= 0.6 is 0 Å². The van der Waals surface area contributed by atoms with E-state index in [1.807, 2.05) is 6.92 Å². The molecule has 0 saturated heterocycles. The van der Waals surface area contributed by atoms with Gasteiger partial charge < -0.3 is 16.0 Å². The smallest absolute Gasteiger partial charge is 0.237 e. The molecule has 1 unspecified atom stereocenters. The van der Waals surface area contributed by atoms with Gasteiger partial charge in [0.2, 0.25) is 5.91 Å². The summed E-state index contributed by atoms with van der Waals surface area (Å²) in [5, 5.41) is 3.37. The van der Waals surface area contributed by atoms with Crippen molar-refractivity contribution in [3.63, 3.8) is 0 Å². The molecule has 0 aromatic heterocycles. The molecule has 0 heterocycles. The molecule has 0 fully saturated rings. The van der Waals surface area contributed by atoms with Gasteiger partial charge in [-0.3, -0.25) is 4.79 Å². The molecule has 0 saturated carbocycles. The van der Waals surface area contributed by atoms with Gasteiger partial charge in [0.25, 0.3) is 0 Å². The van der Waals surface area contributed by atoms with Crippen LogP contribution in [0.2, 0.25) is 0 Å². The summed E-state index contributed by atoms with van der Waals surface area (Å²) in [4.78, 5) is 14.0. The lowest BCUT2D eigenvalue weighted by molar-refractivity contribution is -0.124. The summed E-state index contributed by atoms with van der Waals surface area (Å²) in [7, 11) is 0. The van der Waals surface area contributed by atoms with Crippen molar-refractivity contribution in [3.05, 3.63) is 0 Å². The number of unbranched alkanes of at least 4 members (excludes halogenated alkanes) is 4. The highest BCUT2D eigenvalue weighted by atomic mass is 16.1. The molecule has 0 aliphatic carbocycles. The van der Waals surface area contributed by atoms with E-state index in [1.165, 1.54) is 25.7 Å².